The maximum absolute atomic E-state index is 13.0. The first-order valence-electron chi connectivity index (χ1n) is 8.08. The predicted octanol–water partition coefficient (Wildman–Crippen LogP) is 3.81. The van der Waals surface area contributed by atoms with Crippen LogP contribution in [-0.4, -0.2) is 15.7 Å². The maximum Gasteiger partial charge on any atom is 0.255 e. The van der Waals surface area contributed by atoms with Gasteiger partial charge in [-0.25, -0.2) is 4.39 Å². The minimum atomic E-state index is -0.297. The molecule has 6 heteroatoms. The molecule has 0 bridgehead atoms. The molecule has 3 rings (SSSR count). The van der Waals surface area contributed by atoms with Crippen molar-refractivity contribution in [3.05, 3.63) is 82.4 Å². The number of aryl methyl sites for hydroxylation is 1. The van der Waals surface area contributed by atoms with Crippen molar-refractivity contribution in [3.8, 4) is 6.07 Å². The van der Waals surface area contributed by atoms with Gasteiger partial charge >= 0.3 is 0 Å². The number of aromatic nitrogens is 2. The van der Waals surface area contributed by atoms with Crippen LogP contribution in [0.4, 0.5) is 10.1 Å². The van der Waals surface area contributed by atoms with Crippen LogP contribution in [0.25, 0.3) is 0 Å². The molecular weight excluding hydrogens is 331 g/mol. The molecule has 0 spiro atoms. The lowest BCUT2D eigenvalue weighted by molar-refractivity contribution is 0.102. The molecule has 1 amide bonds. The smallest absolute Gasteiger partial charge is 0.255 e. The molecule has 0 unspecified atom stereocenters. The van der Waals surface area contributed by atoms with Crippen molar-refractivity contribution in [1.82, 2.24) is 9.78 Å². The number of amides is 1. The standard InChI is InChI=1S/C20H17FN4O/c1-13-19(23-20(26)17-5-3-4-16(10-17)11-22)14(2)25(24-13)12-15-6-8-18(21)9-7-15/h3-10H,12H2,1-2H3,(H,23,26). The van der Waals surface area contributed by atoms with E-state index in [1.807, 2.05) is 19.9 Å². The van der Waals surface area contributed by atoms with Crippen molar-refractivity contribution in [2.45, 2.75) is 20.4 Å². The van der Waals surface area contributed by atoms with Gasteiger partial charge in [0.2, 0.25) is 0 Å². The zero-order valence-corrected chi connectivity index (χ0v) is 14.5. The van der Waals surface area contributed by atoms with Crippen LogP contribution in [0.1, 0.15) is 32.9 Å². The fourth-order valence-corrected chi connectivity index (χ4v) is 2.71. The molecule has 0 saturated carbocycles. The average Bonchev–Trinajstić information content (AvgIpc) is 2.91. The second-order valence-corrected chi connectivity index (χ2v) is 5.98. The fraction of sp³-hybridized carbons (Fsp3) is 0.150. The Morgan fingerprint density at radius 1 is 1.23 bits per heavy atom. The number of rotatable bonds is 4. The Bertz CT molecular complexity index is 1000. The topological polar surface area (TPSA) is 70.7 Å². The molecule has 3 aromatic rings. The molecule has 130 valence electrons. The Morgan fingerprint density at radius 3 is 2.65 bits per heavy atom. The lowest BCUT2D eigenvalue weighted by Crippen LogP contribution is -2.13. The van der Waals surface area contributed by atoms with Crippen LogP contribution in [-0.2, 0) is 6.54 Å². The molecule has 0 aliphatic carbocycles. The van der Waals surface area contributed by atoms with Crippen LogP contribution in [0.3, 0.4) is 0 Å². The Morgan fingerprint density at radius 2 is 1.96 bits per heavy atom. The number of anilines is 1. The van der Waals surface area contributed by atoms with Crippen LogP contribution < -0.4 is 5.32 Å². The highest BCUT2D eigenvalue weighted by Gasteiger charge is 2.15. The minimum absolute atomic E-state index is 0.283. The molecule has 1 N–H and O–H groups in total. The van der Waals surface area contributed by atoms with E-state index in [4.69, 9.17) is 5.26 Å². The quantitative estimate of drug-likeness (QED) is 0.779. The molecule has 0 radical (unpaired) electrons. The molecule has 0 aliphatic heterocycles. The third-order valence-corrected chi connectivity index (χ3v) is 4.12. The summed E-state index contributed by atoms with van der Waals surface area (Å²) in [6.07, 6.45) is 0. The van der Waals surface area contributed by atoms with Gasteiger partial charge in [0, 0.05) is 5.56 Å². The van der Waals surface area contributed by atoms with Crippen molar-refractivity contribution in [3.63, 3.8) is 0 Å². The molecule has 0 fully saturated rings. The number of carbonyl (C=O) groups is 1. The first kappa shape index (κ1) is 17.4. The molecule has 1 aromatic heterocycles. The van der Waals surface area contributed by atoms with Gasteiger partial charge in [-0.1, -0.05) is 18.2 Å². The van der Waals surface area contributed by atoms with Crippen LogP contribution >= 0.6 is 0 Å². The number of halogens is 1. The molecule has 0 saturated heterocycles. The van der Waals surface area contributed by atoms with Gasteiger partial charge in [0.1, 0.15) is 5.82 Å². The van der Waals surface area contributed by atoms with Crippen LogP contribution in [0.2, 0.25) is 0 Å². The van der Waals surface area contributed by atoms with Crippen molar-refractivity contribution >= 4 is 11.6 Å². The number of hydrogen-bond donors (Lipinski definition) is 1. The summed E-state index contributed by atoms with van der Waals surface area (Å²) in [5.74, 6) is -0.579. The summed E-state index contributed by atoms with van der Waals surface area (Å²) < 4.78 is 14.8. The predicted molar refractivity (Wildman–Crippen MR) is 96.3 cm³/mol. The minimum Gasteiger partial charge on any atom is -0.319 e. The number of nitriles is 1. The summed E-state index contributed by atoms with van der Waals surface area (Å²) in [6.45, 7) is 4.16. The highest BCUT2D eigenvalue weighted by molar-refractivity contribution is 6.05. The van der Waals surface area contributed by atoms with Gasteiger partial charge in [-0.3, -0.25) is 9.48 Å². The van der Waals surface area contributed by atoms with E-state index in [2.05, 4.69) is 10.4 Å². The number of benzene rings is 2. The average molecular weight is 348 g/mol. The van der Waals surface area contributed by atoms with Crippen LogP contribution in [0, 0.1) is 31.0 Å². The molecule has 26 heavy (non-hydrogen) atoms. The lowest BCUT2D eigenvalue weighted by atomic mass is 10.1. The summed E-state index contributed by atoms with van der Waals surface area (Å²) in [5.41, 5.74) is 3.88. The highest BCUT2D eigenvalue weighted by atomic mass is 19.1. The lowest BCUT2D eigenvalue weighted by Gasteiger charge is -2.08. The summed E-state index contributed by atoms with van der Waals surface area (Å²) in [4.78, 5) is 12.5. The maximum atomic E-state index is 13.0. The monoisotopic (exact) mass is 348 g/mol. The normalized spacial score (nSPS) is 10.4. The van der Waals surface area contributed by atoms with E-state index in [1.54, 1.807) is 41.1 Å². The SMILES string of the molecule is Cc1nn(Cc2ccc(F)cc2)c(C)c1NC(=O)c1cccc(C#N)c1. The van der Waals surface area contributed by atoms with Gasteiger partial charge in [0.25, 0.3) is 5.91 Å². The van der Waals surface area contributed by atoms with Gasteiger partial charge < -0.3 is 5.32 Å². The largest absolute Gasteiger partial charge is 0.319 e. The third kappa shape index (κ3) is 3.62. The first-order valence-corrected chi connectivity index (χ1v) is 8.08. The number of carbonyl (C=O) groups excluding carboxylic acids is 1. The van der Waals surface area contributed by atoms with E-state index in [-0.39, 0.29) is 11.7 Å². The first-order chi connectivity index (χ1) is 12.5. The van der Waals surface area contributed by atoms with E-state index in [9.17, 15) is 9.18 Å². The van der Waals surface area contributed by atoms with Crippen LogP contribution in [0.5, 0.6) is 0 Å². The van der Waals surface area contributed by atoms with E-state index in [0.29, 0.717) is 29.1 Å². The molecule has 0 aliphatic rings. The Hall–Kier alpha value is -3.46. The van der Waals surface area contributed by atoms with Crippen molar-refractivity contribution < 1.29 is 9.18 Å². The zero-order chi connectivity index (χ0) is 18.7. The van der Waals surface area contributed by atoms with E-state index < -0.39 is 0 Å². The van der Waals surface area contributed by atoms with E-state index in [0.717, 1.165) is 11.3 Å². The highest BCUT2D eigenvalue weighted by Crippen LogP contribution is 2.21. The van der Waals surface area contributed by atoms with Gasteiger partial charge in [0.15, 0.2) is 0 Å². The summed E-state index contributed by atoms with van der Waals surface area (Å²) in [5, 5.41) is 16.3. The van der Waals surface area contributed by atoms with Crippen molar-refractivity contribution in [1.29, 1.82) is 5.26 Å². The third-order valence-electron chi connectivity index (χ3n) is 4.12. The second-order valence-electron chi connectivity index (χ2n) is 5.98. The molecular formula is C20H17FN4O. The molecule has 0 atom stereocenters. The van der Waals surface area contributed by atoms with Crippen molar-refractivity contribution in [2.24, 2.45) is 0 Å². The fourth-order valence-electron chi connectivity index (χ4n) is 2.71. The Balaban J connectivity index is 1.82. The van der Waals surface area contributed by atoms with Crippen LogP contribution in [0.15, 0.2) is 48.5 Å². The van der Waals surface area contributed by atoms with Gasteiger partial charge in [-0.2, -0.15) is 10.4 Å². The summed E-state index contributed by atoms with van der Waals surface area (Å²) in [6, 6.07) is 14.8. The zero-order valence-electron chi connectivity index (χ0n) is 14.5. The van der Waals surface area contributed by atoms with Gasteiger partial charge in [-0.05, 0) is 49.7 Å². The van der Waals surface area contributed by atoms with Gasteiger partial charge in [0.05, 0.1) is 35.3 Å². The summed E-state index contributed by atoms with van der Waals surface area (Å²) >= 11 is 0. The van der Waals surface area contributed by atoms with Crippen molar-refractivity contribution in [2.75, 3.05) is 5.32 Å². The molecule has 1 heterocycles. The van der Waals surface area contributed by atoms with Gasteiger partial charge in [-0.15, -0.1) is 0 Å². The Kier molecular flexibility index (Phi) is 4.81. The number of hydrogen-bond acceptors (Lipinski definition) is 3. The van der Waals surface area contributed by atoms with E-state index >= 15 is 0 Å². The second kappa shape index (κ2) is 7.19. The molecule has 2 aromatic carbocycles. The molecule has 5 nitrogen and oxygen atoms in total. The number of nitrogens with one attached hydrogen (secondary N) is 1. The van der Waals surface area contributed by atoms with E-state index in [1.165, 1.54) is 12.1 Å². The summed E-state index contributed by atoms with van der Waals surface area (Å²) in [7, 11) is 0. The number of nitrogens with zero attached hydrogens (tertiary/aromatic N) is 3. The Labute approximate surface area is 150 Å².